The van der Waals surface area contributed by atoms with Crippen LogP contribution in [0.1, 0.15) is 16.7 Å². The third-order valence-corrected chi connectivity index (χ3v) is 2.45. The Morgan fingerprint density at radius 2 is 2.00 bits per heavy atom. The van der Waals surface area contributed by atoms with Crippen molar-refractivity contribution in [3.05, 3.63) is 0 Å². The van der Waals surface area contributed by atoms with Crippen molar-refractivity contribution in [2.24, 2.45) is 5.92 Å². The molecule has 0 N–H and O–H groups in total. The first-order chi connectivity index (χ1) is 2.27. The maximum absolute atomic E-state index is 2.24. The molecule has 0 saturated carbocycles. The molecule has 0 fully saturated rings. The van der Waals surface area contributed by atoms with Crippen LogP contribution in [0.5, 0.6) is 0 Å². The van der Waals surface area contributed by atoms with E-state index < -0.39 is 0 Å². The van der Waals surface area contributed by atoms with Gasteiger partial charge in [-0.05, 0) is 0 Å². The van der Waals surface area contributed by atoms with Gasteiger partial charge in [-0.25, -0.2) is 0 Å². The van der Waals surface area contributed by atoms with E-state index in [9.17, 15) is 0 Å². The van der Waals surface area contributed by atoms with Crippen molar-refractivity contribution in [2.75, 3.05) is 0 Å². The molecule has 0 aliphatic carbocycles. The molecule has 5 heavy (non-hydrogen) atoms. The second-order valence-electron chi connectivity index (χ2n) is 1.63. The minimum atomic E-state index is 0. The zero-order valence-corrected chi connectivity index (χ0v) is 6.28. The van der Waals surface area contributed by atoms with E-state index in [0.29, 0.717) is 0 Å². The van der Waals surface area contributed by atoms with E-state index in [0.717, 1.165) is 5.92 Å². The molecule has 0 bridgehead atoms. The molecule has 1 heteroatoms. The second kappa shape index (κ2) is 2.85. The average Bonchev–Trinajstić information content (AvgIpc) is 1.38. The van der Waals surface area contributed by atoms with E-state index in [1.165, 1.54) is 4.98 Å². The van der Waals surface area contributed by atoms with Crippen LogP contribution < -0.4 is 0 Å². The predicted octanol–water partition coefficient (Wildman–Crippen LogP) is 1.45. The average molecular weight is 129 g/mol. The summed E-state index contributed by atoms with van der Waals surface area (Å²) >= 11 is 1.83. The first-order valence-corrected chi connectivity index (χ1v) is 3.68. The Morgan fingerprint density at radius 1 is 1.80 bits per heavy atom. The van der Waals surface area contributed by atoms with Gasteiger partial charge < -0.3 is 2.85 Å². The summed E-state index contributed by atoms with van der Waals surface area (Å²) in [6, 6.07) is 0. The summed E-state index contributed by atoms with van der Waals surface area (Å²) in [5, 5.41) is 0. The third kappa shape index (κ3) is 4.64. The van der Waals surface area contributed by atoms with E-state index in [4.69, 9.17) is 0 Å². The Hall–Kier alpha value is 0.636. The van der Waals surface area contributed by atoms with Crippen LogP contribution in [0, 0.1) is 5.92 Å². The molecule has 0 amide bonds. The van der Waals surface area contributed by atoms with E-state index in [1.807, 2.05) is 18.6 Å². The maximum Gasteiger partial charge on any atom is -1.00 e. The molecule has 0 radical (unpaired) electrons. The van der Waals surface area contributed by atoms with Crippen molar-refractivity contribution in [3.8, 4) is 0 Å². The van der Waals surface area contributed by atoms with E-state index in [2.05, 4.69) is 13.8 Å². The van der Waals surface area contributed by atoms with Crippen LogP contribution in [0.25, 0.3) is 0 Å². The van der Waals surface area contributed by atoms with Gasteiger partial charge in [0, 0.05) is 0 Å². The normalized spacial score (nSPS) is 9.80. The van der Waals surface area contributed by atoms with Gasteiger partial charge in [0.25, 0.3) is 0 Å². The number of rotatable bonds is 1. The predicted molar refractivity (Wildman–Crippen MR) is 27.6 cm³/mol. The topological polar surface area (TPSA) is 0 Å². The molecule has 0 saturated heterocycles. The second-order valence-corrected chi connectivity index (χ2v) is 2.62. The van der Waals surface area contributed by atoms with Crippen molar-refractivity contribution in [2.45, 2.75) is 18.8 Å². The monoisotopic (exact) mass is 128 g/mol. The smallest absolute Gasteiger partial charge is 1.00 e. The third-order valence-electron chi connectivity index (χ3n) is 0.471. The molecule has 0 aliphatic heterocycles. The summed E-state index contributed by atoms with van der Waals surface area (Å²) in [4.78, 5) is 1.37. The van der Waals surface area contributed by atoms with Crippen LogP contribution in [0.15, 0.2) is 0 Å². The standard InChI is InChI=1S/C4H9.Ga.2H/c1-4(2)3;;;/h4H,1H2,2-3H3;;;/q;+2;2*-1. The molecule has 0 rings (SSSR count). The molecular weight excluding hydrogens is 118 g/mol. The van der Waals surface area contributed by atoms with Gasteiger partial charge in [-0.3, -0.25) is 0 Å². The zero-order chi connectivity index (χ0) is 4.28. The largest absolute Gasteiger partial charge is 1.00 e. The van der Waals surface area contributed by atoms with Gasteiger partial charge in [0.05, 0.1) is 0 Å². The molecule has 0 aliphatic rings. The van der Waals surface area contributed by atoms with Crippen molar-refractivity contribution in [1.29, 1.82) is 0 Å². The summed E-state index contributed by atoms with van der Waals surface area (Å²) in [6.07, 6.45) is 0. The first-order valence-electron chi connectivity index (χ1n) is 1.97. The molecule has 0 aromatic heterocycles. The fourth-order valence-electron chi connectivity index (χ4n) is 0. The minimum absolute atomic E-state index is 0. The van der Waals surface area contributed by atoms with Crippen molar-refractivity contribution in [3.63, 3.8) is 0 Å². The van der Waals surface area contributed by atoms with Crippen molar-refractivity contribution >= 4 is 18.6 Å². The fraction of sp³-hybridized carbons (Fsp3) is 1.00. The van der Waals surface area contributed by atoms with Crippen LogP contribution in [0.4, 0.5) is 0 Å². The Kier molecular flexibility index (Phi) is 3.22. The SMILES string of the molecule is CC(C)[CH2][Ga+2].[H-].[H-]. The van der Waals surface area contributed by atoms with Gasteiger partial charge in [-0.15, -0.1) is 0 Å². The van der Waals surface area contributed by atoms with Gasteiger partial charge in [0.1, 0.15) is 0 Å². The Labute approximate surface area is 46.8 Å². The summed E-state index contributed by atoms with van der Waals surface area (Å²) in [6.45, 7) is 4.48. The molecule has 0 aromatic carbocycles. The molecule has 0 heterocycles. The number of hydrogen-bond donors (Lipinski definition) is 0. The van der Waals surface area contributed by atoms with Crippen LogP contribution in [-0.4, -0.2) is 18.6 Å². The van der Waals surface area contributed by atoms with Gasteiger partial charge in [0.2, 0.25) is 0 Å². The number of hydrogen-bond acceptors (Lipinski definition) is 0. The molecule has 0 nitrogen and oxygen atoms in total. The van der Waals surface area contributed by atoms with Crippen LogP contribution in [-0.2, 0) is 0 Å². The summed E-state index contributed by atoms with van der Waals surface area (Å²) in [5.74, 6) is 0.912. The quantitative estimate of drug-likeness (QED) is 0.470. The van der Waals surface area contributed by atoms with Gasteiger partial charge in [-0.2, -0.15) is 0 Å². The van der Waals surface area contributed by atoms with E-state index >= 15 is 0 Å². The minimum Gasteiger partial charge on any atom is -1.00 e. The van der Waals surface area contributed by atoms with Crippen molar-refractivity contribution < 1.29 is 2.85 Å². The van der Waals surface area contributed by atoms with Crippen LogP contribution in [0.3, 0.4) is 0 Å². The van der Waals surface area contributed by atoms with Gasteiger partial charge in [-0.1, -0.05) is 0 Å². The Bertz CT molecular complexity index is 23.7. The Morgan fingerprint density at radius 3 is 2.00 bits per heavy atom. The van der Waals surface area contributed by atoms with E-state index in [-0.39, 0.29) is 2.85 Å². The summed E-state index contributed by atoms with van der Waals surface area (Å²) in [5.41, 5.74) is 0. The first kappa shape index (κ1) is 5.64. The van der Waals surface area contributed by atoms with Crippen molar-refractivity contribution in [1.82, 2.24) is 0 Å². The molecular formula is C4H11Ga. The summed E-state index contributed by atoms with van der Waals surface area (Å²) in [7, 11) is 0. The molecule has 0 unspecified atom stereocenters. The van der Waals surface area contributed by atoms with Crippen LogP contribution >= 0.6 is 0 Å². The Balaban J connectivity index is -0.0000000800. The van der Waals surface area contributed by atoms with E-state index in [1.54, 1.807) is 0 Å². The molecule has 0 spiro atoms. The zero-order valence-electron chi connectivity index (χ0n) is 5.86. The fourth-order valence-corrected chi connectivity index (χ4v) is 0. The summed E-state index contributed by atoms with van der Waals surface area (Å²) < 4.78 is 0. The van der Waals surface area contributed by atoms with Gasteiger partial charge >= 0.3 is 43.3 Å². The van der Waals surface area contributed by atoms with Crippen LogP contribution in [0.2, 0.25) is 4.98 Å². The maximum atomic E-state index is 2.24. The molecule has 30 valence electrons. The van der Waals surface area contributed by atoms with Gasteiger partial charge in [0.15, 0.2) is 0 Å². The molecule has 0 aromatic rings. The molecule has 0 atom stereocenters.